The van der Waals surface area contributed by atoms with Crippen LogP contribution in [0, 0.1) is 0 Å². The average Bonchev–Trinajstić information content (AvgIpc) is 2.31. The number of hydrogen-bond acceptors (Lipinski definition) is 4. The van der Waals surface area contributed by atoms with E-state index in [1.807, 2.05) is 0 Å². The van der Waals surface area contributed by atoms with Gasteiger partial charge in [0.25, 0.3) is 0 Å². The smallest absolute Gasteiger partial charge is 0.328 e. The molecule has 0 aliphatic heterocycles. The van der Waals surface area contributed by atoms with Gasteiger partial charge in [-0.05, 0) is 13.8 Å². The third-order valence-corrected chi connectivity index (χ3v) is 2.31. The first-order valence-corrected chi connectivity index (χ1v) is 5.50. The number of carbonyl (C=O) groups is 3. The number of nitrogens with one attached hydrogen (secondary N) is 2. The first kappa shape index (κ1) is 16.2. The van der Waals surface area contributed by atoms with E-state index in [0.29, 0.717) is 0 Å². The van der Waals surface area contributed by atoms with Crippen LogP contribution in [0.4, 0.5) is 4.79 Å². The third kappa shape index (κ3) is 5.00. The summed E-state index contributed by atoms with van der Waals surface area (Å²) < 4.78 is 0. The molecule has 0 aromatic heterocycles. The maximum Gasteiger partial charge on any atom is 0.328 e. The van der Waals surface area contributed by atoms with Crippen LogP contribution in [0.15, 0.2) is 0 Å². The largest absolute Gasteiger partial charge is 0.480 e. The highest BCUT2D eigenvalue weighted by atomic mass is 16.4. The van der Waals surface area contributed by atoms with Crippen molar-refractivity contribution in [3.8, 4) is 0 Å². The summed E-state index contributed by atoms with van der Waals surface area (Å²) in [6.07, 6.45) is -1.23. The van der Waals surface area contributed by atoms with E-state index >= 15 is 0 Å². The summed E-state index contributed by atoms with van der Waals surface area (Å²) in [6.45, 7) is 2.98. The van der Waals surface area contributed by atoms with Gasteiger partial charge in [0, 0.05) is 13.6 Å². The standard InChI is InChI=1S/C10H19N3O5/c1-4-13(5-7(15)11-3)10(18)12-8(6(2)14)9(16)17/h6,8,14H,4-5H2,1-3H3,(H,11,15)(H,12,18)(H,16,17)/t6-,8+/m1/s1. The van der Waals surface area contributed by atoms with Crippen LogP contribution in [-0.2, 0) is 9.59 Å². The molecule has 0 aromatic carbocycles. The Morgan fingerprint density at radius 1 is 1.33 bits per heavy atom. The molecule has 0 saturated heterocycles. The van der Waals surface area contributed by atoms with Crippen molar-refractivity contribution >= 4 is 17.9 Å². The lowest BCUT2D eigenvalue weighted by Crippen LogP contribution is -2.53. The fourth-order valence-corrected chi connectivity index (χ4v) is 1.19. The van der Waals surface area contributed by atoms with Crippen molar-refractivity contribution in [1.29, 1.82) is 0 Å². The van der Waals surface area contributed by atoms with Gasteiger partial charge in [-0.3, -0.25) is 4.79 Å². The molecule has 0 saturated carbocycles. The molecule has 0 bridgehead atoms. The van der Waals surface area contributed by atoms with Gasteiger partial charge < -0.3 is 25.7 Å². The minimum atomic E-state index is -1.41. The second-order valence-corrected chi connectivity index (χ2v) is 3.69. The highest BCUT2D eigenvalue weighted by Gasteiger charge is 2.27. The minimum Gasteiger partial charge on any atom is -0.480 e. The molecule has 104 valence electrons. The lowest BCUT2D eigenvalue weighted by molar-refractivity contribution is -0.141. The molecule has 0 rings (SSSR count). The predicted molar refractivity (Wildman–Crippen MR) is 63.0 cm³/mol. The number of aliphatic hydroxyl groups is 1. The molecular weight excluding hydrogens is 242 g/mol. The molecule has 0 spiro atoms. The summed E-state index contributed by atoms with van der Waals surface area (Å²) in [5, 5.41) is 22.5. The zero-order valence-electron chi connectivity index (χ0n) is 10.6. The van der Waals surface area contributed by atoms with Gasteiger partial charge in [0.15, 0.2) is 6.04 Å². The van der Waals surface area contributed by atoms with E-state index < -0.39 is 24.1 Å². The molecule has 4 N–H and O–H groups in total. The van der Waals surface area contributed by atoms with Crippen LogP contribution in [0.25, 0.3) is 0 Å². The van der Waals surface area contributed by atoms with Gasteiger partial charge in [0.1, 0.15) is 6.54 Å². The number of carboxylic acids is 1. The van der Waals surface area contributed by atoms with Crippen molar-refractivity contribution in [1.82, 2.24) is 15.5 Å². The third-order valence-electron chi connectivity index (χ3n) is 2.31. The fraction of sp³-hybridized carbons (Fsp3) is 0.700. The Hall–Kier alpha value is -1.83. The van der Waals surface area contributed by atoms with Crippen LogP contribution in [0.1, 0.15) is 13.8 Å². The monoisotopic (exact) mass is 261 g/mol. The Morgan fingerprint density at radius 3 is 2.22 bits per heavy atom. The van der Waals surface area contributed by atoms with Gasteiger partial charge in [-0.15, -0.1) is 0 Å². The summed E-state index contributed by atoms with van der Waals surface area (Å²) in [6, 6.07) is -2.12. The average molecular weight is 261 g/mol. The van der Waals surface area contributed by atoms with E-state index in [-0.39, 0.29) is 19.0 Å². The molecule has 0 heterocycles. The highest BCUT2D eigenvalue weighted by Crippen LogP contribution is 1.97. The van der Waals surface area contributed by atoms with E-state index in [4.69, 9.17) is 5.11 Å². The van der Waals surface area contributed by atoms with Gasteiger partial charge in [-0.2, -0.15) is 0 Å². The molecule has 8 heteroatoms. The van der Waals surface area contributed by atoms with Crippen LogP contribution >= 0.6 is 0 Å². The number of aliphatic hydroxyl groups excluding tert-OH is 1. The number of nitrogens with zero attached hydrogens (tertiary/aromatic N) is 1. The van der Waals surface area contributed by atoms with Crippen molar-refractivity contribution in [3.05, 3.63) is 0 Å². The van der Waals surface area contributed by atoms with E-state index in [2.05, 4.69) is 10.6 Å². The first-order chi connectivity index (χ1) is 8.33. The SMILES string of the molecule is CCN(CC(=O)NC)C(=O)N[C@H](C(=O)O)[C@@H](C)O. The van der Waals surface area contributed by atoms with Crippen LogP contribution in [-0.4, -0.2) is 65.3 Å². The van der Waals surface area contributed by atoms with E-state index in [9.17, 15) is 19.5 Å². The van der Waals surface area contributed by atoms with Crippen molar-refractivity contribution in [2.75, 3.05) is 20.1 Å². The van der Waals surface area contributed by atoms with Gasteiger partial charge in [0.05, 0.1) is 6.10 Å². The second kappa shape index (κ2) is 7.49. The van der Waals surface area contributed by atoms with Crippen LogP contribution in [0.2, 0.25) is 0 Å². The quantitative estimate of drug-likeness (QED) is 0.469. The van der Waals surface area contributed by atoms with Gasteiger partial charge in [-0.1, -0.05) is 0 Å². The number of amides is 3. The summed E-state index contributed by atoms with van der Waals surface area (Å²) in [7, 11) is 1.43. The van der Waals surface area contributed by atoms with Crippen molar-refractivity contribution in [2.45, 2.75) is 26.0 Å². The number of carbonyl (C=O) groups excluding carboxylic acids is 2. The Morgan fingerprint density at radius 2 is 1.89 bits per heavy atom. The number of rotatable bonds is 6. The first-order valence-electron chi connectivity index (χ1n) is 5.50. The summed E-state index contributed by atoms with van der Waals surface area (Å²) in [5.41, 5.74) is 0. The van der Waals surface area contributed by atoms with Crippen LogP contribution in [0.5, 0.6) is 0 Å². The molecule has 0 unspecified atom stereocenters. The molecule has 0 radical (unpaired) electrons. The number of urea groups is 1. The number of aliphatic carboxylic acids is 1. The van der Waals surface area contributed by atoms with Gasteiger partial charge in [0.2, 0.25) is 5.91 Å². The Balaban J connectivity index is 4.60. The Kier molecular flexibility index (Phi) is 6.73. The number of likely N-dealkylation sites (N-methyl/N-ethyl adjacent to an activating group) is 2. The van der Waals surface area contributed by atoms with Crippen molar-refractivity contribution in [3.63, 3.8) is 0 Å². The lowest BCUT2D eigenvalue weighted by Gasteiger charge is -2.24. The molecule has 18 heavy (non-hydrogen) atoms. The summed E-state index contributed by atoms with van der Waals surface area (Å²) in [4.78, 5) is 34.8. The van der Waals surface area contributed by atoms with Gasteiger partial charge in [-0.25, -0.2) is 9.59 Å². The second-order valence-electron chi connectivity index (χ2n) is 3.69. The molecule has 0 fully saturated rings. The van der Waals surface area contributed by atoms with Crippen LogP contribution in [0.3, 0.4) is 0 Å². The lowest BCUT2D eigenvalue weighted by atomic mass is 10.2. The fourth-order valence-electron chi connectivity index (χ4n) is 1.19. The van der Waals surface area contributed by atoms with Crippen molar-refractivity contribution in [2.24, 2.45) is 0 Å². The Bertz CT molecular complexity index is 319. The molecule has 0 aliphatic carbocycles. The molecule has 0 aliphatic rings. The zero-order valence-corrected chi connectivity index (χ0v) is 10.6. The van der Waals surface area contributed by atoms with Crippen LogP contribution < -0.4 is 10.6 Å². The van der Waals surface area contributed by atoms with E-state index in [1.54, 1.807) is 6.92 Å². The molecule has 3 amide bonds. The molecule has 2 atom stereocenters. The number of hydrogen-bond donors (Lipinski definition) is 4. The van der Waals surface area contributed by atoms with E-state index in [1.165, 1.54) is 14.0 Å². The molecular formula is C10H19N3O5. The summed E-state index contributed by atoms with van der Waals surface area (Å²) in [5.74, 6) is -1.70. The number of carboxylic acid groups (broad SMARTS) is 1. The molecule has 0 aromatic rings. The van der Waals surface area contributed by atoms with Gasteiger partial charge >= 0.3 is 12.0 Å². The summed E-state index contributed by atoms with van der Waals surface area (Å²) >= 11 is 0. The zero-order chi connectivity index (χ0) is 14.3. The normalized spacial score (nSPS) is 13.3. The topological polar surface area (TPSA) is 119 Å². The van der Waals surface area contributed by atoms with Crippen molar-refractivity contribution < 1.29 is 24.6 Å². The maximum atomic E-state index is 11.7. The maximum absolute atomic E-state index is 11.7. The van der Waals surface area contributed by atoms with E-state index in [0.717, 1.165) is 4.90 Å². The predicted octanol–water partition coefficient (Wildman–Crippen LogP) is -1.40. The molecule has 8 nitrogen and oxygen atoms in total. The Labute approximate surface area is 105 Å². The minimum absolute atomic E-state index is 0.176. The highest BCUT2D eigenvalue weighted by molar-refractivity contribution is 5.86.